The molecule has 0 aliphatic rings. The van der Waals surface area contributed by atoms with Crippen molar-refractivity contribution in [3.8, 4) is 11.5 Å². The van der Waals surface area contributed by atoms with Gasteiger partial charge < -0.3 is 19.9 Å². The summed E-state index contributed by atoms with van der Waals surface area (Å²) in [5, 5.41) is 0. The van der Waals surface area contributed by atoms with Crippen LogP contribution in [0.5, 0.6) is 11.5 Å². The molecule has 0 heterocycles. The fourth-order valence-electron chi connectivity index (χ4n) is 1.29. The normalized spacial score (nSPS) is 12.2. The van der Waals surface area contributed by atoms with Crippen LogP contribution in [0.25, 0.3) is 0 Å². The Labute approximate surface area is 89.9 Å². The predicted octanol–water partition coefficient (Wildman–Crippen LogP) is 1.69. The number of methoxy groups -OCH3 is 2. The SMILES string of the molecule is COCC(C)Oc1cccc(OC)c1N. The molecule has 1 unspecified atom stereocenters. The quantitative estimate of drug-likeness (QED) is 0.753. The second-order valence-corrected chi connectivity index (χ2v) is 3.26. The van der Waals surface area contributed by atoms with Crippen molar-refractivity contribution in [2.75, 3.05) is 26.6 Å². The summed E-state index contributed by atoms with van der Waals surface area (Å²) in [5.41, 5.74) is 6.36. The molecule has 2 N–H and O–H groups in total. The lowest BCUT2D eigenvalue weighted by Gasteiger charge is -2.16. The fraction of sp³-hybridized carbons (Fsp3) is 0.455. The van der Waals surface area contributed by atoms with Gasteiger partial charge in [-0.1, -0.05) is 6.07 Å². The maximum atomic E-state index is 5.85. The molecule has 0 saturated heterocycles. The molecule has 0 radical (unpaired) electrons. The first kappa shape index (κ1) is 11.7. The van der Waals surface area contributed by atoms with E-state index in [0.29, 0.717) is 23.8 Å². The molecular formula is C11H17NO3. The molecule has 15 heavy (non-hydrogen) atoms. The third-order valence-corrected chi connectivity index (χ3v) is 1.98. The van der Waals surface area contributed by atoms with Crippen molar-refractivity contribution in [3.05, 3.63) is 18.2 Å². The number of nitrogens with two attached hydrogens (primary N) is 1. The minimum Gasteiger partial charge on any atom is -0.494 e. The van der Waals surface area contributed by atoms with Crippen molar-refractivity contribution in [1.29, 1.82) is 0 Å². The van der Waals surface area contributed by atoms with Crippen molar-refractivity contribution in [1.82, 2.24) is 0 Å². The van der Waals surface area contributed by atoms with Gasteiger partial charge in [-0.15, -0.1) is 0 Å². The highest BCUT2D eigenvalue weighted by atomic mass is 16.5. The van der Waals surface area contributed by atoms with Gasteiger partial charge in [-0.3, -0.25) is 0 Å². The second kappa shape index (κ2) is 5.46. The Kier molecular flexibility index (Phi) is 4.24. The van der Waals surface area contributed by atoms with Crippen LogP contribution in [-0.4, -0.2) is 26.9 Å². The first-order valence-electron chi connectivity index (χ1n) is 4.77. The zero-order valence-corrected chi connectivity index (χ0v) is 9.32. The Bertz CT molecular complexity index is 315. The van der Waals surface area contributed by atoms with Crippen LogP contribution in [0, 0.1) is 0 Å². The number of ether oxygens (including phenoxy) is 3. The van der Waals surface area contributed by atoms with Crippen LogP contribution in [-0.2, 0) is 4.74 Å². The number of para-hydroxylation sites is 1. The van der Waals surface area contributed by atoms with Crippen LogP contribution in [0.3, 0.4) is 0 Å². The average Bonchev–Trinajstić information content (AvgIpc) is 2.21. The lowest BCUT2D eigenvalue weighted by atomic mass is 10.2. The van der Waals surface area contributed by atoms with Crippen LogP contribution >= 0.6 is 0 Å². The number of anilines is 1. The standard InChI is InChI=1S/C11H17NO3/c1-8(7-13-2)15-10-6-4-5-9(14-3)11(10)12/h4-6,8H,7,12H2,1-3H3. The Morgan fingerprint density at radius 1 is 1.27 bits per heavy atom. The molecule has 1 atom stereocenters. The van der Waals surface area contributed by atoms with Gasteiger partial charge in [-0.2, -0.15) is 0 Å². The van der Waals surface area contributed by atoms with E-state index in [9.17, 15) is 0 Å². The minimum atomic E-state index is -0.0376. The van der Waals surface area contributed by atoms with E-state index in [1.165, 1.54) is 0 Å². The lowest BCUT2D eigenvalue weighted by molar-refractivity contribution is 0.0924. The molecule has 0 aliphatic heterocycles. The Hall–Kier alpha value is -1.42. The number of hydrogen-bond acceptors (Lipinski definition) is 4. The third-order valence-electron chi connectivity index (χ3n) is 1.98. The van der Waals surface area contributed by atoms with Crippen LogP contribution in [0.2, 0.25) is 0 Å². The molecular weight excluding hydrogens is 194 g/mol. The minimum absolute atomic E-state index is 0.0376. The van der Waals surface area contributed by atoms with Gasteiger partial charge in [0.15, 0.2) is 0 Å². The van der Waals surface area contributed by atoms with Crippen molar-refractivity contribution in [3.63, 3.8) is 0 Å². The molecule has 84 valence electrons. The number of benzene rings is 1. The Morgan fingerprint density at radius 2 is 1.93 bits per heavy atom. The van der Waals surface area contributed by atoms with Crippen LogP contribution in [0.15, 0.2) is 18.2 Å². The number of nitrogen functional groups attached to an aromatic ring is 1. The zero-order valence-electron chi connectivity index (χ0n) is 9.32. The molecule has 1 rings (SSSR count). The van der Waals surface area contributed by atoms with Crippen molar-refractivity contribution in [2.24, 2.45) is 0 Å². The second-order valence-electron chi connectivity index (χ2n) is 3.26. The van der Waals surface area contributed by atoms with Crippen molar-refractivity contribution in [2.45, 2.75) is 13.0 Å². The van der Waals surface area contributed by atoms with Crippen LogP contribution in [0.1, 0.15) is 6.92 Å². The lowest BCUT2D eigenvalue weighted by Crippen LogP contribution is -2.18. The largest absolute Gasteiger partial charge is 0.494 e. The van der Waals surface area contributed by atoms with E-state index < -0.39 is 0 Å². The van der Waals surface area contributed by atoms with Gasteiger partial charge >= 0.3 is 0 Å². The van der Waals surface area contributed by atoms with Crippen molar-refractivity contribution >= 4 is 5.69 Å². The Balaban J connectivity index is 2.76. The maximum Gasteiger partial charge on any atom is 0.146 e. The highest BCUT2D eigenvalue weighted by Crippen LogP contribution is 2.31. The average molecular weight is 211 g/mol. The van der Waals surface area contributed by atoms with E-state index >= 15 is 0 Å². The van der Waals surface area contributed by atoms with Gasteiger partial charge in [-0.05, 0) is 19.1 Å². The van der Waals surface area contributed by atoms with Gasteiger partial charge in [0.2, 0.25) is 0 Å². The summed E-state index contributed by atoms with van der Waals surface area (Å²) in [7, 11) is 3.21. The molecule has 0 aliphatic carbocycles. The summed E-state index contributed by atoms with van der Waals surface area (Å²) >= 11 is 0. The summed E-state index contributed by atoms with van der Waals surface area (Å²) in [6.07, 6.45) is -0.0376. The first-order chi connectivity index (χ1) is 7.19. The summed E-state index contributed by atoms with van der Waals surface area (Å²) < 4.78 is 15.7. The smallest absolute Gasteiger partial charge is 0.146 e. The topological polar surface area (TPSA) is 53.7 Å². The van der Waals surface area contributed by atoms with Gasteiger partial charge in [0.25, 0.3) is 0 Å². The molecule has 1 aromatic rings. The highest BCUT2D eigenvalue weighted by Gasteiger charge is 2.09. The summed E-state index contributed by atoms with van der Waals surface area (Å²) in [5.74, 6) is 1.25. The fourth-order valence-corrected chi connectivity index (χ4v) is 1.29. The molecule has 0 fully saturated rings. The molecule has 0 amide bonds. The molecule has 0 spiro atoms. The molecule has 0 aromatic heterocycles. The summed E-state index contributed by atoms with van der Waals surface area (Å²) in [6, 6.07) is 5.44. The predicted molar refractivity (Wildman–Crippen MR) is 59.4 cm³/mol. The summed E-state index contributed by atoms with van der Waals surface area (Å²) in [4.78, 5) is 0. The summed E-state index contributed by atoms with van der Waals surface area (Å²) in [6.45, 7) is 2.44. The van der Waals surface area contributed by atoms with E-state index in [2.05, 4.69) is 0 Å². The van der Waals surface area contributed by atoms with E-state index in [4.69, 9.17) is 19.9 Å². The molecule has 0 saturated carbocycles. The van der Waals surface area contributed by atoms with E-state index in [0.717, 1.165) is 0 Å². The molecule has 4 nitrogen and oxygen atoms in total. The van der Waals surface area contributed by atoms with Crippen molar-refractivity contribution < 1.29 is 14.2 Å². The maximum absolute atomic E-state index is 5.85. The molecule has 0 bridgehead atoms. The van der Waals surface area contributed by atoms with Gasteiger partial charge in [-0.25, -0.2) is 0 Å². The number of hydrogen-bond donors (Lipinski definition) is 1. The van der Waals surface area contributed by atoms with Crippen LogP contribution < -0.4 is 15.2 Å². The van der Waals surface area contributed by atoms with Gasteiger partial charge in [0, 0.05) is 7.11 Å². The highest BCUT2D eigenvalue weighted by molar-refractivity contribution is 5.62. The van der Waals surface area contributed by atoms with Gasteiger partial charge in [0.1, 0.15) is 23.3 Å². The molecule has 4 heteroatoms. The third kappa shape index (κ3) is 3.02. The first-order valence-corrected chi connectivity index (χ1v) is 4.77. The van der Waals surface area contributed by atoms with Gasteiger partial charge in [0.05, 0.1) is 13.7 Å². The van der Waals surface area contributed by atoms with E-state index in [-0.39, 0.29) is 6.10 Å². The molecule has 1 aromatic carbocycles. The van der Waals surface area contributed by atoms with Crippen LogP contribution in [0.4, 0.5) is 5.69 Å². The monoisotopic (exact) mass is 211 g/mol. The Morgan fingerprint density at radius 3 is 2.53 bits per heavy atom. The van der Waals surface area contributed by atoms with E-state index in [1.54, 1.807) is 20.3 Å². The van der Waals surface area contributed by atoms with E-state index in [1.807, 2.05) is 19.1 Å². The zero-order chi connectivity index (χ0) is 11.3. The number of rotatable bonds is 5.